The number of rotatable bonds is 5. The summed E-state index contributed by atoms with van der Waals surface area (Å²) in [4.78, 5) is 22.9. The van der Waals surface area contributed by atoms with Gasteiger partial charge in [0.2, 0.25) is 0 Å². The average Bonchev–Trinajstić information content (AvgIpc) is 3.35. The summed E-state index contributed by atoms with van der Waals surface area (Å²) in [5, 5.41) is 22.2. The monoisotopic (exact) mass is 478 g/mol. The second-order valence-electron chi connectivity index (χ2n) is 7.52. The highest BCUT2D eigenvalue weighted by Gasteiger charge is 2.54. The molecule has 2 aliphatic heterocycles. The predicted molar refractivity (Wildman–Crippen MR) is 111 cm³/mol. The second-order valence-corrected chi connectivity index (χ2v) is 9.09. The van der Waals surface area contributed by atoms with Crippen molar-refractivity contribution in [1.82, 2.24) is 19.5 Å². The number of para-hydroxylation sites is 1. The molecule has 33 heavy (non-hydrogen) atoms. The molecular formula is C18H19N6O8P. The summed E-state index contributed by atoms with van der Waals surface area (Å²) in [5.41, 5.74) is 6.51. The van der Waals surface area contributed by atoms with Gasteiger partial charge in [-0.2, -0.15) is 0 Å². The molecule has 174 valence electrons. The van der Waals surface area contributed by atoms with E-state index >= 15 is 0 Å². The zero-order chi connectivity index (χ0) is 23.3. The molecule has 0 saturated carbocycles. The smallest absolute Gasteiger partial charge is 0.386 e. The van der Waals surface area contributed by atoms with E-state index in [0.717, 1.165) is 0 Å². The van der Waals surface area contributed by atoms with Crippen LogP contribution in [0.5, 0.6) is 0 Å². The van der Waals surface area contributed by atoms with Crippen molar-refractivity contribution in [3.05, 3.63) is 52.6 Å². The van der Waals surface area contributed by atoms with Crippen LogP contribution in [0.1, 0.15) is 24.8 Å². The Kier molecular flexibility index (Phi) is 5.35. The molecule has 2 fully saturated rings. The molecule has 2 aromatic heterocycles. The fourth-order valence-corrected chi connectivity index (χ4v) is 5.48. The van der Waals surface area contributed by atoms with Crippen LogP contribution >= 0.6 is 7.82 Å². The standard InChI is InChI=1S/C18H19N6O8P/c1-9(10-4-2-3-5-11(10)24(26)27)31-33(28)29-6-12-15(32-33)14(25)18(30-12)23-8-22-13-16(19)20-7-21-17(13)23/h2-5,7-9,12,14-15,18,25H,6H2,1H3,(H2,19,20,21)/t9?,12-,14-,15-,18-,33?/m1/s1. The molecule has 3 aromatic rings. The van der Waals surface area contributed by atoms with Crippen molar-refractivity contribution in [2.24, 2.45) is 0 Å². The minimum absolute atomic E-state index is 0.171. The van der Waals surface area contributed by atoms with Crippen LogP contribution in [-0.2, 0) is 22.9 Å². The number of nitrogen functional groups attached to an aromatic ring is 1. The van der Waals surface area contributed by atoms with Gasteiger partial charge in [0.05, 0.1) is 29.5 Å². The van der Waals surface area contributed by atoms with E-state index in [1.54, 1.807) is 6.07 Å². The van der Waals surface area contributed by atoms with E-state index < -0.39 is 43.4 Å². The third-order valence-electron chi connectivity index (χ3n) is 5.48. The van der Waals surface area contributed by atoms with Gasteiger partial charge in [0.1, 0.15) is 30.2 Å². The van der Waals surface area contributed by atoms with Gasteiger partial charge in [-0.3, -0.25) is 28.3 Å². The number of hydrogen-bond donors (Lipinski definition) is 2. The molecule has 1 aromatic carbocycles. The lowest BCUT2D eigenvalue weighted by Crippen LogP contribution is -2.39. The number of aliphatic hydroxyl groups is 1. The molecule has 14 nitrogen and oxygen atoms in total. The lowest BCUT2D eigenvalue weighted by Gasteiger charge is -2.32. The van der Waals surface area contributed by atoms with Crippen LogP contribution in [0.25, 0.3) is 11.2 Å². The SMILES string of the molecule is CC(OP1(=O)OC[C@H]2O[C@@H](n3cnc4c(N)ncnc43)[C@H](O)[C@@H]2O1)c1ccccc1[N+](=O)[O-]. The van der Waals surface area contributed by atoms with E-state index in [-0.39, 0.29) is 23.7 Å². The lowest BCUT2D eigenvalue weighted by molar-refractivity contribution is -0.386. The number of aliphatic hydroxyl groups excluding tert-OH is 1. The van der Waals surface area contributed by atoms with Crippen molar-refractivity contribution in [2.75, 3.05) is 12.3 Å². The summed E-state index contributed by atoms with van der Waals surface area (Å²) >= 11 is 0. The number of phosphoric ester groups is 1. The number of imidazole rings is 1. The fourth-order valence-electron chi connectivity index (χ4n) is 3.92. The number of fused-ring (bicyclic) bond motifs is 2. The number of aromatic nitrogens is 4. The van der Waals surface area contributed by atoms with Gasteiger partial charge in [-0.1, -0.05) is 12.1 Å². The molecule has 0 bridgehead atoms. The zero-order valence-electron chi connectivity index (χ0n) is 17.1. The van der Waals surface area contributed by atoms with Crippen molar-refractivity contribution >= 4 is 30.5 Å². The summed E-state index contributed by atoms with van der Waals surface area (Å²) in [5.74, 6) is 0.171. The van der Waals surface area contributed by atoms with Crippen molar-refractivity contribution in [1.29, 1.82) is 0 Å². The van der Waals surface area contributed by atoms with Crippen molar-refractivity contribution in [2.45, 2.75) is 37.6 Å². The van der Waals surface area contributed by atoms with Crippen LogP contribution in [0.4, 0.5) is 11.5 Å². The maximum atomic E-state index is 13.2. The van der Waals surface area contributed by atoms with E-state index in [2.05, 4.69) is 15.0 Å². The lowest BCUT2D eigenvalue weighted by atomic mass is 10.1. The van der Waals surface area contributed by atoms with Gasteiger partial charge in [0.15, 0.2) is 17.7 Å². The quantitative estimate of drug-likeness (QED) is 0.308. The number of nitrogens with zero attached hydrogens (tertiary/aromatic N) is 5. The molecule has 6 atom stereocenters. The molecule has 3 N–H and O–H groups in total. The van der Waals surface area contributed by atoms with E-state index in [0.29, 0.717) is 11.2 Å². The van der Waals surface area contributed by atoms with Gasteiger partial charge in [-0.15, -0.1) is 0 Å². The van der Waals surface area contributed by atoms with Crippen molar-refractivity contribution < 1.29 is 32.9 Å². The highest BCUT2D eigenvalue weighted by atomic mass is 31.2. The topological polar surface area (TPSA) is 187 Å². The number of anilines is 1. The highest BCUT2D eigenvalue weighted by molar-refractivity contribution is 7.48. The molecule has 15 heteroatoms. The predicted octanol–water partition coefficient (Wildman–Crippen LogP) is 1.88. The molecule has 2 unspecified atom stereocenters. The van der Waals surface area contributed by atoms with Crippen LogP contribution in [0.3, 0.4) is 0 Å². The van der Waals surface area contributed by atoms with Gasteiger partial charge >= 0.3 is 7.82 Å². The molecule has 0 aliphatic carbocycles. The average molecular weight is 478 g/mol. The Balaban J connectivity index is 1.36. The van der Waals surface area contributed by atoms with Gasteiger partial charge in [-0.05, 0) is 13.0 Å². The van der Waals surface area contributed by atoms with E-state index in [1.807, 2.05) is 0 Å². The van der Waals surface area contributed by atoms with Crippen LogP contribution in [0, 0.1) is 10.1 Å². The first-order valence-corrected chi connectivity index (χ1v) is 11.3. The molecule has 0 spiro atoms. The van der Waals surface area contributed by atoms with Crippen LogP contribution < -0.4 is 5.73 Å². The van der Waals surface area contributed by atoms with Crippen LogP contribution in [0.15, 0.2) is 36.9 Å². The third-order valence-corrected chi connectivity index (χ3v) is 7.02. The van der Waals surface area contributed by atoms with Crippen LogP contribution in [-0.4, -0.2) is 54.5 Å². The largest absolute Gasteiger partial charge is 0.475 e. The molecule has 2 saturated heterocycles. The second kappa shape index (κ2) is 8.09. The normalized spacial score (nSPS) is 30.2. The van der Waals surface area contributed by atoms with E-state index in [4.69, 9.17) is 24.0 Å². The Morgan fingerprint density at radius 2 is 2.15 bits per heavy atom. The van der Waals surface area contributed by atoms with Crippen LogP contribution in [0.2, 0.25) is 0 Å². The first kappa shape index (κ1) is 21.8. The minimum Gasteiger partial charge on any atom is -0.386 e. The van der Waals surface area contributed by atoms with Gasteiger partial charge in [0.25, 0.3) is 5.69 Å². The highest BCUT2D eigenvalue weighted by Crippen LogP contribution is 2.59. The molecule has 2 aliphatic rings. The van der Waals surface area contributed by atoms with Gasteiger partial charge < -0.3 is 15.6 Å². The fraction of sp³-hybridized carbons (Fsp3) is 0.389. The number of phosphoric acid groups is 1. The Morgan fingerprint density at radius 3 is 2.94 bits per heavy atom. The summed E-state index contributed by atoms with van der Waals surface area (Å²) < 4.78 is 36.9. The van der Waals surface area contributed by atoms with Gasteiger partial charge in [-0.25, -0.2) is 19.5 Å². The molecule has 4 heterocycles. The summed E-state index contributed by atoms with van der Waals surface area (Å²) in [7, 11) is -4.18. The number of nitro groups is 1. The number of nitrogens with two attached hydrogens (primary N) is 1. The first-order chi connectivity index (χ1) is 15.8. The maximum absolute atomic E-state index is 13.2. The van der Waals surface area contributed by atoms with Crippen molar-refractivity contribution in [3.63, 3.8) is 0 Å². The Hall–Kier alpha value is -3.00. The first-order valence-electron chi connectivity index (χ1n) is 9.88. The van der Waals surface area contributed by atoms with Crippen molar-refractivity contribution in [3.8, 4) is 0 Å². The van der Waals surface area contributed by atoms with Gasteiger partial charge in [0, 0.05) is 6.07 Å². The maximum Gasteiger partial charge on any atom is 0.475 e. The molecule has 0 radical (unpaired) electrons. The number of ether oxygens (including phenoxy) is 1. The molecular weight excluding hydrogens is 459 g/mol. The minimum atomic E-state index is -4.18. The Bertz CT molecular complexity index is 1270. The zero-order valence-corrected chi connectivity index (χ0v) is 18.0. The Labute approximate surface area is 186 Å². The van der Waals surface area contributed by atoms with E-state index in [1.165, 1.54) is 42.3 Å². The number of hydrogen-bond acceptors (Lipinski definition) is 12. The number of benzene rings is 1. The van der Waals surface area contributed by atoms with E-state index in [9.17, 15) is 19.8 Å². The summed E-state index contributed by atoms with van der Waals surface area (Å²) in [6.45, 7) is 1.30. The molecule has 0 amide bonds. The summed E-state index contributed by atoms with van der Waals surface area (Å²) in [6.07, 6.45) is -2.38. The Morgan fingerprint density at radius 1 is 1.36 bits per heavy atom. The number of nitro benzene ring substituents is 1. The summed E-state index contributed by atoms with van der Waals surface area (Å²) in [6, 6.07) is 5.92. The third kappa shape index (κ3) is 3.76. The molecule has 5 rings (SSSR count).